The molecule has 1 aliphatic heterocycles. The van der Waals surface area contributed by atoms with Gasteiger partial charge in [-0.25, -0.2) is 0 Å². The van der Waals surface area contributed by atoms with Crippen LogP contribution < -0.4 is 5.32 Å². The predicted octanol–water partition coefficient (Wildman–Crippen LogP) is 2.87. The minimum absolute atomic E-state index is 0.452. The largest absolute Gasteiger partial charge is 0.307 e. The highest BCUT2D eigenvalue weighted by molar-refractivity contribution is 5.21. The Balaban J connectivity index is 1.63. The second kappa shape index (κ2) is 6.21. The van der Waals surface area contributed by atoms with Gasteiger partial charge in [-0.05, 0) is 24.6 Å². The average Bonchev–Trinajstić information content (AvgIpc) is 2.51. The van der Waals surface area contributed by atoms with Crippen LogP contribution in [-0.4, -0.2) is 31.1 Å². The molecule has 2 heteroatoms. The van der Waals surface area contributed by atoms with E-state index in [0.717, 1.165) is 19.5 Å². The van der Waals surface area contributed by atoms with Gasteiger partial charge in [0.15, 0.2) is 0 Å². The van der Waals surface area contributed by atoms with Crippen LogP contribution in [0.5, 0.6) is 0 Å². The molecule has 0 saturated carbocycles. The molecule has 0 aromatic heterocycles. The Bertz CT molecular complexity index is 524. The first-order valence-electron chi connectivity index (χ1n) is 7.35. The second-order valence-electron chi connectivity index (χ2n) is 5.65. The lowest BCUT2D eigenvalue weighted by molar-refractivity contribution is 0.163. The van der Waals surface area contributed by atoms with Crippen molar-refractivity contribution in [1.82, 2.24) is 10.2 Å². The summed E-state index contributed by atoms with van der Waals surface area (Å²) in [6.07, 6.45) is 1.12. The van der Waals surface area contributed by atoms with Crippen molar-refractivity contribution in [2.24, 2.45) is 0 Å². The fraction of sp³-hybridized carbons (Fsp3) is 0.333. The molecule has 0 spiro atoms. The molecule has 3 rings (SSSR count). The second-order valence-corrected chi connectivity index (χ2v) is 5.65. The lowest BCUT2D eigenvalue weighted by Crippen LogP contribution is -2.51. The van der Waals surface area contributed by atoms with Crippen molar-refractivity contribution in [3.63, 3.8) is 0 Å². The van der Waals surface area contributed by atoms with Crippen LogP contribution in [0.1, 0.15) is 17.2 Å². The molecule has 0 radical (unpaired) electrons. The average molecular weight is 266 g/mol. The Morgan fingerprint density at radius 2 is 1.65 bits per heavy atom. The molecule has 0 aliphatic carbocycles. The number of piperazine rings is 1. The van der Waals surface area contributed by atoms with Crippen molar-refractivity contribution in [2.45, 2.75) is 18.5 Å². The molecule has 0 amide bonds. The van der Waals surface area contributed by atoms with Crippen molar-refractivity contribution in [2.75, 3.05) is 20.1 Å². The smallest absolute Gasteiger partial charge is 0.0449 e. The van der Waals surface area contributed by atoms with Gasteiger partial charge in [-0.3, -0.25) is 4.90 Å². The van der Waals surface area contributed by atoms with E-state index in [4.69, 9.17) is 0 Å². The van der Waals surface area contributed by atoms with Gasteiger partial charge >= 0.3 is 0 Å². The summed E-state index contributed by atoms with van der Waals surface area (Å²) < 4.78 is 0. The summed E-state index contributed by atoms with van der Waals surface area (Å²) in [5.74, 6) is 0. The van der Waals surface area contributed by atoms with E-state index in [1.807, 2.05) is 0 Å². The van der Waals surface area contributed by atoms with Crippen LogP contribution >= 0.6 is 0 Å². The van der Waals surface area contributed by atoms with Crippen molar-refractivity contribution in [3.05, 3.63) is 71.8 Å². The summed E-state index contributed by atoms with van der Waals surface area (Å²) in [5.41, 5.74) is 2.81. The lowest BCUT2D eigenvalue weighted by atomic mass is 9.98. The predicted molar refractivity (Wildman–Crippen MR) is 83.7 cm³/mol. The molecular formula is C18H22N2. The van der Waals surface area contributed by atoms with Crippen LogP contribution in [0.25, 0.3) is 0 Å². The molecule has 2 aromatic carbocycles. The Morgan fingerprint density at radius 1 is 1.00 bits per heavy atom. The van der Waals surface area contributed by atoms with Crippen LogP contribution in [0.2, 0.25) is 0 Å². The normalized spacial score (nSPS) is 23.6. The highest BCUT2D eigenvalue weighted by atomic mass is 15.2. The monoisotopic (exact) mass is 266 g/mol. The van der Waals surface area contributed by atoms with E-state index in [2.05, 4.69) is 77.9 Å². The third-order valence-corrected chi connectivity index (χ3v) is 4.21. The van der Waals surface area contributed by atoms with E-state index in [-0.39, 0.29) is 0 Å². The van der Waals surface area contributed by atoms with Crippen LogP contribution in [-0.2, 0) is 6.42 Å². The maximum absolute atomic E-state index is 3.69. The quantitative estimate of drug-likeness (QED) is 0.919. The molecule has 2 aromatic rings. The fourth-order valence-corrected chi connectivity index (χ4v) is 2.96. The van der Waals surface area contributed by atoms with Gasteiger partial charge in [0.2, 0.25) is 0 Å². The molecule has 1 N–H and O–H groups in total. The van der Waals surface area contributed by atoms with Gasteiger partial charge in [0.1, 0.15) is 0 Å². The zero-order valence-corrected chi connectivity index (χ0v) is 12.0. The summed E-state index contributed by atoms with van der Waals surface area (Å²) in [6.45, 7) is 2.12. The number of likely N-dealkylation sites (N-methyl/N-ethyl adjacent to an activating group) is 1. The van der Waals surface area contributed by atoms with E-state index >= 15 is 0 Å². The molecule has 1 fully saturated rings. The van der Waals surface area contributed by atoms with E-state index in [1.54, 1.807) is 0 Å². The highest BCUT2D eigenvalue weighted by Crippen LogP contribution is 2.20. The van der Waals surface area contributed by atoms with Crippen LogP contribution in [0.3, 0.4) is 0 Å². The number of nitrogens with zero attached hydrogens (tertiary/aromatic N) is 1. The molecule has 2 unspecified atom stereocenters. The summed E-state index contributed by atoms with van der Waals surface area (Å²) in [5, 5.41) is 3.69. The third-order valence-electron chi connectivity index (χ3n) is 4.21. The number of hydrogen-bond donors (Lipinski definition) is 1. The van der Waals surface area contributed by atoms with Gasteiger partial charge in [0.25, 0.3) is 0 Å². The molecular weight excluding hydrogens is 244 g/mol. The summed E-state index contributed by atoms with van der Waals surface area (Å²) in [6, 6.07) is 22.5. The standard InChI is InChI=1S/C18H22N2/c1-20-14-18(16-10-6-3-7-11-16)19-13-17(20)12-15-8-4-2-5-9-15/h2-11,17-19H,12-14H2,1H3. The topological polar surface area (TPSA) is 15.3 Å². The van der Waals surface area contributed by atoms with Crippen LogP contribution in [0.4, 0.5) is 0 Å². The van der Waals surface area contributed by atoms with Crippen molar-refractivity contribution in [1.29, 1.82) is 0 Å². The van der Waals surface area contributed by atoms with E-state index in [0.29, 0.717) is 12.1 Å². The maximum atomic E-state index is 3.69. The van der Waals surface area contributed by atoms with E-state index in [9.17, 15) is 0 Å². The molecule has 1 aliphatic rings. The summed E-state index contributed by atoms with van der Waals surface area (Å²) in [7, 11) is 2.24. The molecule has 20 heavy (non-hydrogen) atoms. The van der Waals surface area contributed by atoms with Gasteiger partial charge in [-0.15, -0.1) is 0 Å². The van der Waals surface area contributed by atoms with Gasteiger partial charge in [-0.1, -0.05) is 60.7 Å². The number of rotatable bonds is 3. The first kappa shape index (κ1) is 13.3. The first-order chi connectivity index (χ1) is 9.83. The van der Waals surface area contributed by atoms with Crippen molar-refractivity contribution < 1.29 is 0 Å². The minimum Gasteiger partial charge on any atom is -0.307 e. The minimum atomic E-state index is 0.452. The lowest BCUT2D eigenvalue weighted by Gasteiger charge is -2.38. The molecule has 104 valence electrons. The summed E-state index contributed by atoms with van der Waals surface area (Å²) in [4.78, 5) is 2.49. The van der Waals surface area contributed by atoms with Crippen molar-refractivity contribution in [3.8, 4) is 0 Å². The summed E-state index contributed by atoms with van der Waals surface area (Å²) >= 11 is 0. The number of nitrogens with one attached hydrogen (secondary N) is 1. The molecule has 0 bridgehead atoms. The van der Waals surface area contributed by atoms with Gasteiger partial charge < -0.3 is 5.32 Å². The van der Waals surface area contributed by atoms with Gasteiger partial charge in [0, 0.05) is 25.2 Å². The number of benzene rings is 2. The molecule has 1 heterocycles. The van der Waals surface area contributed by atoms with Crippen LogP contribution in [0, 0.1) is 0 Å². The van der Waals surface area contributed by atoms with Gasteiger partial charge in [0.05, 0.1) is 0 Å². The van der Waals surface area contributed by atoms with E-state index < -0.39 is 0 Å². The molecule has 2 nitrogen and oxygen atoms in total. The zero-order valence-electron chi connectivity index (χ0n) is 12.0. The molecule has 1 saturated heterocycles. The Morgan fingerprint density at radius 3 is 2.30 bits per heavy atom. The zero-order chi connectivity index (χ0) is 13.8. The molecule has 2 atom stereocenters. The van der Waals surface area contributed by atoms with Crippen LogP contribution in [0.15, 0.2) is 60.7 Å². The highest BCUT2D eigenvalue weighted by Gasteiger charge is 2.25. The number of hydrogen-bond acceptors (Lipinski definition) is 2. The first-order valence-corrected chi connectivity index (χ1v) is 7.35. The Kier molecular flexibility index (Phi) is 4.14. The Labute approximate surface area is 121 Å². The Hall–Kier alpha value is -1.64. The van der Waals surface area contributed by atoms with Crippen molar-refractivity contribution >= 4 is 0 Å². The van der Waals surface area contributed by atoms with Gasteiger partial charge in [-0.2, -0.15) is 0 Å². The third kappa shape index (κ3) is 3.09. The maximum Gasteiger partial charge on any atom is 0.0449 e. The van der Waals surface area contributed by atoms with E-state index in [1.165, 1.54) is 11.1 Å². The fourth-order valence-electron chi connectivity index (χ4n) is 2.96. The SMILES string of the molecule is CN1CC(c2ccccc2)NCC1Cc1ccccc1.